The van der Waals surface area contributed by atoms with Crippen molar-refractivity contribution >= 4 is 10.1 Å². The normalized spacial score (nSPS) is 34.5. The molecule has 0 fully saturated rings. The Morgan fingerprint density at radius 2 is 2.08 bits per heavy atom. The lowest BCUT2D eigenvalue weighted by Crippen LogP contribution is -2.40. The molecule has 0 aliphatic heterocycles. The number of hydrogen-bond acceptors (Lipinski definition) is 2. The van der Waals surface area contributed by atoms with Crippen molar-refractivity contribution in [2.24, 2.45) is 5.92 Å². The Bertz CT molecular complexity index is 364. The Morgan fingerprint density at radius 1 is 1.54 bits per heavy atom. The van der Waals surface area contributed by atoms with Gasteiger partial charge in [0.1, 0.15) is 4.75 Å². The van der Waals surface area contributed by atoms with Gasteiger partial charge in [-0.15, -0.1) is 0 Å². The van der Waals surface area contributed by atoms with Gasteiger partial charge in [-0.05, 0) is 19.8 Å². The average Bonchev–Trinajstić information content (AvgIpc) is 1.95. The van der Waals surface area contributed by atoms with Gasteiger partial charge in [0.25, 0.3) is 10.1 Å². The van der Waals surface area contributed by atoms with Gasteiger partial charge in [0, 0.05) is 0 Å². The second kappa shape index (κ2) is 2.96. The summed E-state index contributed by atoms with van der Waals surface area (Å²) in [7, 11) is -4.03. The van der Waals surface area contributed by atoms with E-state index >= 15 is 0 Å². The summed E-state index contributed by atoms with van der Waals surface area (Å²) in [5.41, 5.74) is 1.02. The van der Waals surface area contributed by atoms with Crippen LogP contribution in [0.5, 0.6) is 0 Å². The maximum Gasteiger partial charge on any atom is 0.274 e. The van der Waals surface area contributed by atoms with Gasteiger partial charge in [-0.1, -0.05) is 30.7 Å². The van der Waals surface area contributed by atoms with Crippen LogP contribution in [0.4, 0.5) is 0 Å². The molecule has 1 aliphatic rings. The van der Waals surface area contributed by atoms with Crippen molar-refractivity contribution < 1.29 is 13.0 Å². The van der Waals surface area contributed by atoms with Crippen molar-refractivity contribution in [3.8, 4) is 0 Å². The van der Waals surface area contributed by atoms with Gasteiger partial charge in [-0.2, -0.15) is 8.42 Å². The molecule has 0 saturated heterocycles. The van der Waals surface area contributed by atoms with Gasteiger partial charge in [0.05, 0.1) is 0 Å². The highest BCUT2D eigenvalue weighted by molar-refractivity contribution is 7.87. The average molecular weight is 202 g/mol. The van der Waals surface area contributed by atoms with E-state index in [9.17, 15) is 8.42 Å². The smallest absolute Gasteiger partial charge is 0.274 e. The largest absolute Gasteiger partial charge is 0.285 e. The molecule has 74 valence electrons. The van der Waals surface area contributed by atoms with Crippen LogP contribution >= 0.6 is 0 Å². The highest BCUT2D eigenvalue weighted by Gasteiger charge is 2.41. The molecule has 3 nitrogen and oxygen atoms in total. The molecule has 0 amide bonds. The number of allylic oxidation sites excluding steroid dienone is 3. The Labute approximate surface area is 78.9 Å². The standard InChI is InChI=1S/C9H14O3S/c1-7-4-5-9(3,8(2)6-7)13(10,11)12/h4-6,8H,1-3H3,(H,10,11,12). The fourth-order valence-electron chi connectivity index (χ4n) is 1.38. The first-order valence-corrected chi connectivity index (χ1v) is 5.56. The van der Waals surface area contributed by atoms with Crippen LogP contribution in [-0.2, 0) is 10.1 Å². The predicted molar refractivity (Wildman–Crippen MR) is 52.0 cm³/mol. The zero-order valence-corrected chi connectivity index (χ0v) is 8.80. The summed E-state index contributed by atoms with van der Waals surface area (Å²) < 4.78 is 30.1. The molecule has 0 bridgehead atoms. The molecule has 1 rings (SSSR count). The van der Waals surface area contributed by atoms with Crippen molar-refractivity contribution in [1.82, 2.24) is 0 Å². The minimum Gasteiger partial charge on any atom is -0.285 e. The van der Waals surface area contributed by atoms with Crippen molar-refractivity contribution in [3.63, 3.8) is 0 Å². The molecule has 2 unspecified atom stereocenters. The summed E-state index contributed by atoms with van der Waals surface area (Å²) in [5, 5.41) is 0. The van der Waals surface area contributed by atoms with E-state index in [1.807, 2.05) is 13.0 Å². The van der Waals surface area contributed by atoms with Gasteiger partial charge in [-0.3, -0.25) is 4.55 Å². The second-order valence-corrected chi connectivity index (χ2v) is 5.52. The molecule has 2 atom stereocenters. The third-order valence-corrected chi connectivity index (χ3v) is 4.27. The molecule has 0 heterocycles. The first-order chi connectivity index (χ1) is 5.77. The van der Waals surface area contributed by atoms with E-state index in [1.165, 1.54) is 6.92 Å². The zero-order valence-electron chi connectivity index (χ0n) is 7.98. The minimum absolute atomic E-state index is 0.201. The molecule has 0 aromatic rings. The fourth-order valence-corrected chi connectivity index (χ4v) is 2.16. The molecular formula is C9H14O3S. The first-order valence-electron chi connectivity index (χ1n) is 4.12. The number of hydrogen-bond donors (Lipinski definition) is 1. The van der Waals surface area contributed by atoms with E-state index < -0.39 is 14.9 Å². The summed E-state index contributed by atoms with van der Waals surface area (Å²) in [6, 6.07) is 0. The van der Waals surface area contributed by atoms with Gasteiger partial charge >= 0.3 is 0 Å². The molecule has 0 aromatic heterocycles. The quantitative estimate of drug-likeness (QED) is 0.659. The zero-order chi connectivity index (χ0) is 10.3. The monoisotopic (exact) mass is 202 g/mol. The summed E-state index contributed by atoms with van der Waals surface area (Å²) >= 11 is 0. The maximum atomic E-state index is 11.1. The van der Waals surface area contributed by atoms with Gasteiger partial charge < -0.3 is 0 Å². The second-order valence-electron chi connectivity index (χ2n) is 3.69. The summed E-state index contributed by atoms with van der Waals surface area (Å²) in [4.78, 5) is 0. The van der Waals surface area contributed by atoms with Gasteiger partial charge in [-0.25, -0.2) is 0 Å². The van der Waals surface area contributed by atoms with Crippen LogP contribution < -0.4 is 0 Å². The van der Waals surface area contributed by atoms with Crippen LogP contribution in [0, 0.1) is 5.92 Å². The van der Waals surface area contributed by atoms with Crippen molar-refractivity contribution in [2.45, 2.75) is 25.5 Å². The highest BCUT2D eigenvalue weighted by atomic mass is 32.2. The van der Waals surface area contributed by atoms with E-state index in [0.29, 0.717) is 0 Å². The summed E-state index contributed by atoms with van der Waals surface area (Å²) in [6.45, 7) is 5.20. The first kappa shape index (κ1) is 10.5. The third-order valence-electron chi connectivity index (χ3n) is 2.65. The van der Waals surface area contributed by atoms with Gasteiger partial charge in [0.15, 0.2) is 0 Å². The molecule has 13 heavy (non-hydrogen) atoms. The maximum absolute atomic E-state index is 11.1. The van der Waals surface area contributed by atoms with Crippen molar-refractivity contribution in [1.29, 1.82) is 0 Å². The SMILES string of the molecule is CC1=CC(C)C(C)(S(=O)(=O)O)C=C1. The topological polar surface area (TPSA) is 54.4 Å². The Balaban J connectivity index is 3.18. The van der Waals surface area contributed by atoms with Crippen LogP contribution in [0.15, 0.2) is 23.8 Å². The lowest BCUT2D eigenvalue weighted by molar-refractivity contribution is 0.426. The van der Waals surface area contributed by atoms with Crippen molar-refractivity contribution in [3.05, 3.63) is 23.8 Å². The predicted octanol–water partition coefficient (Wildman–Crippen LogP) is 1.79. The van der Waals surface area contributed by atoms with E-state index in [1.54, 1.807) is 19.1 Å². The van der Waals surface area contributed by atoms with Crippen LogP contribution in [-0.4, -0.2) is 17.7 Å². The fraction of sp³-hybridized carbons (Fsp3) is 0.556. The summed E-state index contributed by atoms with van der Waals surface area (Å²) in [6.07, 6.45) is 5.10. The number of rotatable bonds is 1. The minimum atomic E-state index is -4.03. The lowest BCUT2D eigenvalue weighted by Gasteiger charge is -2.30. The molecule has 1 N–H and O–H groups in total. The molecule has 0 spiro atoms. The molecule has 1 aliphatic carbocycles. The molecule has 0 aromatic carbocycles. The van der Waals surface area contributed by atoms with E-state index in [4.69, 9.17) is 4.55 Å². The molecule has 0 radical (unpaired) electrons. The lowest BCUT2D eigenvalue weighted by atomic mass is 9.88. The van der Waals surface area contributed by atoms with Crippen LogP contribution in [0.25, 0.3) is 0 Å². The summed E-state index contributed by atoms with van der Waals surface area (Å²) in [5.74, 6) is -0.201. The highest BCUT2D eigenvalue weighted by Crippen LogP contribution is 2.32. The van der Waals surface area contributed by atoms with Gasteiger partial charge in [0.2, 0.25) is 0 Å². The van der Waals surface area contributed by atoms with Crippen molar-refractivity contribution in [2.75, 3.05) is 0 Å². The van der Waals surface area contributed by atoms with E-state index in [-0.39, 0.29) is 5.92 Å². The third kappa shape index (κ3) is 1.69. The Kier molecular flexibility index (Phi) is 2.38. The molecule has 4 heteroatoms. The van der Waals surface area contributed by atoms with E-state index in [2.05, 4.69) is 0 Å². The van der Waals surface area contributed by atoms with Crippen LogP contribution in [0.3, 0.4) is 0 Å². The van der Waals surface area contributed by atoms with Crippen LogP contribution in [0.1, 0.15) is 20.8 Å². The van der Waals surface area contributed by atoms with E-state index in [0.717, 1.165) is 5.57 Å². The molecular weight excluding hydrogens is 188 g/mol. The Hall–Kier alpha value is -0.610. The molecule has 0 saturated carbocycles. The Morgan fingerprint density at radius 3 is 2.46 bits per heavy atom. The van der Waals surface area contributed by atoms with Crippen LogP contribution in [0.2, 0.25) is 0 Å².